The van der Waals surface area contributed by atoms with E-state index in [9.17, 15) is 9.59 Å². The highest BCUT2D eigenvalue weighted by Gasteiger charge is 2.22. The average molecular weight is 284 g/mol. The smallest absolute Gasteiger partial charge is 0.350 e. The Hall–Kier alpha value is -1.43. The number of ether oxygens (including phenoxy) is 1. The predicted molar refractivity (Wildman–Crippen MR) is 75.7 cm³/mol. The number of aryl methyl sites for hydroxylation is 1. The zero-order chi connectivity index (χ0) is 14.4. The van der Waals surface area contributed by atoms with Crippen LogP contribution in [0.5, 0.6) is 0 Å². The first-order chi connectivity index (χ1) is 9.04. The molecule has 0 aliphatic carbocycles. The van der Waals surface area contributed by atoms with Crippen LogP contribution in [0.15, 0.2) is 0 Å². The fourth-order valence-electron chi connectivity index (χ4n) is 1.63. The Balaban J connectivity index is 3.02. The number of anilines is 1. The van der Waals surface area contributed by atoms with Crippen LogP contribution in [0.4, 0.5) is 5.13 Å². The van der Waals surface area contributed by atoms with Crippen LogP contribution in [0.25, 0.3) is 0 Å². The fraction of sp³-hybridized carbons (Fsp3) is 0.615. The number of carbonyl (C=O) groups is 2. The molecule has 5 nitrogen and oxygen atoms in total. The molecule has 106 valence electrons. The van der Waals surface area contributed by atoms with Crippen molar-refractivity contribution in [2.45, 2.75) is 40.5 Å². The Bertz CT molecular complexity index is 457. The molecule has 0 fully saturated rings. The van der Waals surface area contributed by atoms with E-state index in [4.69, 9.17) is 4.74 Å². The van der Waals surface area contributed by atoms with Gasteiger partial charge >= 0.3 is 5.97 Å². The summed E-state index contributed by atoms with van der Waals surface area (Å²) in [6.45, 7) is 8.28. The van der Waals surface area contributed by atoms with Crippen molar-refractivity contribution in [3.8, 4) is 0 Å². The standard InChI is InChI=1S/C13H20N2O3S/c1-5-8-15(10(16)6-2)13-14-9(4)11(19-13)12(17)18-7-3/h5-8H2,1-4H3. The van der Waals surface area contributed by atoms with E-state index in [0.717, 1.165) is 6.42 Å². The molecule has 1 aromatic rings. The van der Waals surface area contributed by atoms with Crippen molar-refractivity contribution in [2.24, 2.45) is 0 Å². The minimum atomic E-state index is -0.371. The molecular weight excluding hydrogens is 264 g/mol. The lowest BCUT2D eigenvalue weighted by Crippen LogP contribution is -2.30. The molecule has 0 aromatic carbocycles. The van der Waals surface area contributed by atoms with E-state index in [-0.39, 0.29) is 11.9 Å². The van der Waals surface area contributed by atoms with Gasteiger partial charge in [-0.05, 0) is 20.3 Å². The van der Waals surface area contributed by atoms with Gasteiger partial charge in [-0.15, -0.1) is 0 Å². The number of rotatable bonds is 6. The van der Waals surface area contributed by atoms with E-state index in [1.165, 1.54) is 11.3 Å². The molecule has 0 saturated carbocycles. The quantitative estimate of drug-likeness (QED) is 0.754. The molecule has 0 radical (unpaired) electrons. The van der Waals surface area contributed by atoms with E-state index in [1.807, 2.05) is 13.8 Å². The second-order valence-corrected chi connectivity index (χ2v) is 5.01. The minimum absolute atomic E-state index is 0.0195. The molecule has 6 heteroatoms. The van der Waals surface area contributed by atoms with Gasteiger partial charge < -0.3 is 4.74 Å². The van der Waals surface area contributed by atoms with Gasteiger partial charge in [-0.3, -0.25) is 9.69 Å². The van der Waals surface area contributed by atoms with Crippen molar-refractivity contribution < 1.29 is 14.3 Å². The van der Waals surface area contributed by atoms with Crippen LogP contribution in [0.1, 0.15) is 49.0 Å². The molecule has 0 aliphatic heterocycles. The molecule has 19 heavy (non-hydrogen) atoms. The van der Waals surface area contributed by atoms with Gasteiger partial charge in [0, 0.05) is 13.0 Å². The third-order valence-electron chi connectivity index (χ3n) is 2.53. The number of aromatic nitrogens is 1. The van der Waals surface area contributed by atoms with Gasteiger partial charge in [0.15, 0.2) is 5.13 Å². The monoisotopic (exact) mass is 284 g/mol. The summed E-state index contributed by atoms with van der Waals surface area (Å²) < 4.78 is 4.98. The summed E-state index contributed by atoms with van der Waals surface area (Å²) in [6, 6.07) is 0. The van der Waals surface area contributed by atoms with E-state index >= 15 is 0 Å². The summed E-state index contributed by atoms with van der Waals surface area (Å²) in [6.07, 6.45) is 1.27. The van der Waals surface area contributed by atoms with Crippen LogP contribution < -0.4 is 4.90 Å². The molecule has 0 aliphatic rings. The van der Waals surface area contributed by atoms with Gasteiger partial charge in [-0.2, -0.15) is 0 Å². The van der Waals surface area contributed by atoms with Crippen molar-refractivity contribution >= 4 is 28.3 Å². The number of hydrogen-bond acceptors (Lipinski definition) is 5. The molecule has 0 unspecified atom stereocenters. The molecule has 0 spiro atoms. The molecule has 1 heterocycles. The number of amides is 1. The highest BCUT2D eigenvalue weighted by molar-refractivity contribution is 7.17. The zero-order valence-electron chi connectivity index (χ0n) is 11.9. The SMILES string of the molecule is CCCN(C(=O)CC)c1nc(C)c(C(=O)OCC)s1. The largest absolute Gasteiger partial charge is 0.462 e. The van der Waals surface area contributed by atoms with E-state index < -0.39 is 0 Å². The van der Waals surface area contributed by atoms with Crippen LogP contribution in [-0.4, -0.2) is 30.0 Å². The second kappa shape index (κ2) is 7.23. The van der Waals surface area contributed by atoms with Crippen molar-refractivity contribution in [1.29, 1.82) is 0 Å². The lowest BCUT2D eigenvalue weighted by molar-refractivity contribution is -0.118. The van der Waals surface area contributed by atoms with Crippen LogP contribution >= 0.6 is 11.3 Å². The molecule has 0 bridgehead atoms. The Kier molecular flexibility index (Phi) is 5.95. The number of thiazole rings is 1. The number of nitrogens with zero attached hydrogens (tertiary/aromatic N) is 2. The normalized spacial score (nSPS) is 10.3. The average Bonchev–Trinajstić information content (AvgIpc) is 2.77. The van der Waals surface area contributed by atoms with Gasteiger partial charge in [0.1, 0.15) is 4.88 Å². The van der Waals surface area contributed by atoms with Gasteiger partial charge in [0.25, 0.3) is 0 Å². The van der Waals surface area contributed by atoms with Gasteiger partial charge in [-0.25, -0.2) is 9.78 Å². The summed E-state index contributed by atoms with van der Waals surface area (Å²) in [5, 5.41) is 0.578. The Morgan fingerprint density at radius 2 is 2.00 bits per heavy atom. The zero-order valence-corrected chi connectivity index (χ0v) is 12.7. The van der Waals surface area contributed by atoms with Crippen molar-refractivity contribution in [3.63, 3.8) is 0 Å². The van der Waals surface area contributed by atoms with Gasteiger partial charge in [-0.1, -0.05) is 25.2 Å². The fourth-order valence-corrected chi connectivity index (χ4v) is 2.63. The van der Waals surface area contributed by atoms with Crippen molar-refractivity contribution in [3.05, 3.63) is 10.6 Å². The van der Waals surface area contributed by atoms with Crippen LogP contribution in [0, 0.1) is 6.92 Å². The lowest BCUT2D eigenvalue weighted by Gasteiger charge is -2.17. The summed E-state index contributed by atoms with van der Waals surface area (Å²) in [4.78, 5) is 30.1. The maximum atomic E-state index is 11.9. The minimum Gasteiger partial charge on any atom is -0.462 e. The predicted octanol–water partition coefficient (Wildman–Crippen LogP) is 2.78. The van der Waals surface area contributed by atoms with Gasteiger partial charge in [0.2, 0.25) is 5.91 Å². The highest BCUT2D eigenvalue weighted by atomic mass is 32.1. The highest BCUT2D eigenvalue weighted by Crippen LogP contribution is 2.27. The number of esters is 1. The lowest BCUT2D eigenvalue weighted by atomic mass is 10.3. The molecular formula is C13H20N2O3S. The van der Waals surface area contributed by atoms with E-state index in [2.05, 4.69) is 4.98 Å². The summed E-state index contributed by atoms with van der Waals surface area (Å²) in [7, 11) is 0. The van der Waals surface area contributed by atoms with Crippen LogP contribution in [0.3, 0.4) is 0 Å². The molecule has 0 atom stereocenters. The number of carbonyl (C=O) groups excluding carboxylic acids is 2. The Morgan fingerprint density at radius 1 is 1.32 bits per heavy atom. The molecule has 0 N–H and O–H groups in total. The van der Waals surface area contributed by atoms with E-state index in [1.54, 1.807) is 18.7 Å². The Morgan fingerprint density at radius 3 is 2.53 bits per heavy atom. The maximum Gasteiger partial charge on any atom is 0.350 e. The summed E-state index contributed by atoms with van der Waals surface area (Å²) in [5.41, 5.74) is 0.614. The van der Waals surface area contributed by atoms with E-state index in [0.29, 0.717) is 35.3 Å². The first kappa shape index (κ1) is 15.6. The first-order valence-electron chi connectivity index (χ1n) is 6.49. The summed E-state index contributed by atoms with van der Waals surface area (Å²) >= 11 is 1.22. The molecule has 1 amide bonds. The van der Waals surface area contributed by atoms with Crippen molar-refractivity contribution in [1.82, 2.24) is 4.98 Å². The Labute approximate surface area is 117 Å². The van der Waals surface area contributed by atoms with Crippen LogP contribution in [0.2, 0.25) is 0 Å². The summed E-state index contributed by atoms with van der Waals surface area (Å²) in [5.74, 6) is -0.352. The van der Waals surface area contributed by atoms with Crippen LogP contribution in [-0.2, 0) is 9.53 Å². The topological polar surface area (TPSA) is 59.5 Å². The van der Waals surface area contributed by atoms with Crippen molar-refractivity contribution in [2.75, 3.05) is 18.1 Å². The number of hydrogen-bond donors (Lipinski definition) is 0. The second-order valence-electron chi connectivity index (χ2n) is 4.03. The molecule has 0 saturated heterocycles. The first-order valence-corrected chi connectivity index (χ1v) is 7.31. The maximum absolute atomic E-state index is 11.9. The molecule has 1 aromatic heterocycles. The third kappa shape index (κ3) is 3.76. The van der Waals surface area contributed by atoms with Gasteiger partial charge in [0.05, 0.1) is 12.3 Å². The molecule has 1 rings (SSSR count). The third-order valence-corrected chi connectivity index (χ3v) is 3.69.